The average Bonchev–Trinajstić information content (AvgIpc) is 2.31. The van der Waals surface area contributed by atoms with E-state index in [9.17, 15) is 4.79 Å². The van der Waals surface area contributed by atoms with Gasteiger partial charge in [-0.1, -0.05) is 39.0 Å². The van der Waals surface area contributed by atoms with Gasteiger partial charge in [0.15, 0.2) is 0 Å². The van der Waals surface area contributed by atoms with E-state index in [-0.39, 0.29) is 11.9 Å². The van der Waals surface area contributed by atoms with E-state index in [2.05, 4.69) is 12.2 Å². The minimum atomic E-state index is 0.197. The van der Waals surface area contributed by atoms with Crippen LogP contribution in [0.2, 0.25) is 0 Å². The number of hydrogen-bond donors (Lipinski definition) is 1. The lowest BCUT2D eigenvalue weighted by Gasteiger charge is -2.12. The molecule has 0 aromatic carbocycles. The molecular formula is C14H28ClNO. The summed E-state index contributed by atoms with van der Waals surface area (Å²) in [5.74, 6) is 0.875. The van der Waals surface area contributed by atoms with Crippen LogP contribution >= 0.6 is 11.6 Å². The maximum Gasteiger partial charge on any atom is 0.220 e. The summed E-state index contributed by atoms with van der Waals surface area (Å²) in [4.78, 5) is 11.6. The van der Waals surface area contributed by atoms with E-state index in [1.807, 2.05) is 6.92 Å². The topological polar surface area (TPSA) is 29.1 Å². The number of hydrogen-bond acceptors (Lipinski definition) is 1. The molecule has 102 valence electrons. The first-order chi connectivity index (χ1) is 8.20. The molecule has 0 aliphatic carbocycles. The number of amides is 1. The Kier molecular flexibility index (Phi) is 12.1. The smallest absolute Gasteiger partial charge is 0.220 e. The summed E-state index contributed by atoms with van der Waals surface area (Å²) in [6.45, 7) is 4.27. The van der Waals surface area contributed by atoms with Gasteiger partial charge in [-0.15, -0.1) is 11.6 Å². The van der Waals surface area contributed by atoms with Crippen molar-refractivity contribution in [2.75, 3.05) is 5.88 Å². The van der Waals surface area contributed by atoms with Crippen molar-refractivity contribution in [3.05, 3.63) is 0 Å². The Hall–Kier alpha value is -0.240. The van der Waals surface area contributed by atoms with Crippen LogP contribution in [0.25, 0.3) is 0 Å². The van der Waals surface area contributed by atoms with Crippen molar-refractivity contribution in [3.8, 4) is 0 Å². The van der Waals surface area contributed by atoms with Gasteiger partial charge in [0.25, 0.3) is 0 Å². The average molecular weight is 262 g/mol. The molecule has 0 saturated heterocycles. The SMILES string of the molecule is CCCCCCCCC(=O)NC(C)CCCCl. The molecule has 0 fully saturated rings. The van der Waals surface area contributed by atoms with E-state index in [1.165, 1.54) is 32.1 Å². The van der Waals surface area contributed by atoms with E-state index in [0.29, 0.717) is 12.3 Å². The molecule has 0 aliphatic rings. The van der Waals surface area contributed by atoms with Crippen molar-refractivity contribution in [1.29, 1.82) is 0 Å². The van der Waals surface area contributed by atoms with E-state index in [4.69, 9.17) is 11.6 Å². The van der Waals surface area contributed by atoms with Gasteiger partial charge in [-0.2, -0.15) is 0 Å². The maximum absolute atomic E-state index is 11.6. The van der Waals surface area contributed by atoms with E-state index < -0.39 is 0 Å². The molecule has 1 N–H and O–H groups in total. The fourth-order valence-corrected chi connectivity index (χ4v) is 2.02. The van der Waals surface area contributed by atoms with Gasteiger partial charge in [-0.05, 0) is 26.2 Å². The zero-order valence-electron chi connectivity index (χ0n) is 11.4. The molecule has 0 spiro atoms. The van der Waals surface area contributed by atoms with Crippen molar-refractivity contribution < 1.29 is 4.79 Å². The fourth-order valence-electron chi connectivity index (χ4n) is 1.87. The number of carbonyl (C=O) groups excluding carboxylic acids is 1. The minimum absolute atomic E-state index is 0.197. The molecule has 3 heteroatoms. The molecule has 17 heavy (non-hydrogen) atoms. The quantitative estimate of drug-likeness (QED) is 0.437. The highest BCUT2D eigenvalue weighted by Gasteiger charge is 2.06. The first-order valence-corrected chi connectivity index (χ1v) is 7.59. The second-order valence-corrected chi connectivity index (χ2v) is 5.20. The molecule has 0 aromatic rings. The molecule has 1 unspecified atom stereocenters. The van der Waals surface area contributed by atoms with Crippen LogP contribution in [0.1, 0.15) is 71.6 Å². The Balaban J connectivity index is 3.33. The highest BCUT2D eigenvalue weighted by atomic mass is 35.5. The molecule has 1 amide bonds. The monoisotopic (exact) mass is 261 g/mol. The van der Waals surface area contributed by atoms with Gasteiger partial charge < -0.3 is 5.32 Å². The van der Waals surface area contributed by atoms with E-state index >= 15 is 0 Å². The largest absolute Gasteiger partial charge is 0.354 e. The van der Waals surface area contributed by atoms with Gasteiger partial charge in [0, 0.05) is 18.3 Å². The number of unbranched alkanes of at least 4 members (excludes halogenated alkanes) is 5. The highest BCUT2D eigenvalue weighted by molar-refractivity contribution is 6.17. The summed E-state index contributed by atoms with van der Waals surface area (Å²) >= 11 is 5.61. The molecule has 0 radical (unpaired) electrons. The third kappa shape index (κ3) is 12.0. The molecule has 1 atom stereocenters. The zero-order valence-corrected chi connectivity index (χ0v) is 12.2. The molecular weight excluding hydrogens is 234 g/mol. The highest BCUT2D eigenvalue weighted by Crippen LogP contribution is 2.07. The minimum Gasteiger partial charge on any atom is -0.354 e. The van der Waals surface area contributed by atoms with Gasteiger partial charge in [0.05, 0.1) is 0 Å². The number of rotatable bonds is 11. The number of halogens is 1. The Morgan fingerprint density at radius 2 is 1.76 bits per heavy atom. The van der Waals surface area contributed by atoms with Crippen molar-refractivity contribution in [1.82, 2.24) is 5.32 Å². The first kappa shape index (κ1) is 16.8. The normalized spacial score (nSPS) is 12.4. The standard InChI is InChI=1S/C14H28ClNO/c1-3-4-5-6-7-8-11-14(17)16-13(2)10-9-12-15/h13H,3-12H2,1-2H3,(H,16,17). The van der Waals surface area contributed by atoms with Crippen molar-refractivity contribution in [3.63, 3.8) is 0 Å². The Labute approximate surface area is 111 Å². The van der Waals surface area contributed by atoms with Crippen LogP contribution in [-0.2, 0) is 4.79 Å². The second kappa shape index (κ2) is 12.2. The lowest BCUT2D eigenvalue weighted by atomic mass is 10.1. The number of alkyl halides is 1. The van der Waals surface area contributed by atoms with Crippen molar-refractivity contribution >= 4 is 17.5 Å². The van der Waals surface area contributed by atoms with E-state index in [0.717, 1.165) is 19.3 Å². The van der Waals surface area contributed by atoms with Crippen LogP contribution in [0.4, 0.5) is 0 Å². The zero-order chi connectivity index (χ0) is 12.9. The van der Waals surface area contributed by atoms with Gasteiger partial charge in [0.1, 0.15) is 0 Å². The summed E-state index contributed by atoms with van der Waals surface area (Å²) in [6, 6.07) is 0.265. The fraction of sp³-hybridized carbons (Fsp3) is 0.929. The van der Waals surface area contributed by atoms with Gasteiger partial charge in [0.2, 0.25) is 5.91 Å². The first-order valence-electron chi connectivity index (χ1n) is 7.06. The molecule has 2 nitrogen and oxygen atoms in total. The van der Waals surface area contributed by atoms with Gasteiger partial charge in [-0.3, -0.25) is 4.79 Å². The molecule has 0 aromatic heterocycles. The van der Waals surface area contributed by atoms with Gasteiger partial charge in [-0.25, -0.2) is 0 Å². The number of nitrogens with one attached hydrogen (secondary N) is 1. The van der Waals surface area contributed by atoms with Crippen molar-refractivity contribution in [2.45, 2.75) is 77.7 Å². The van der Waals surface area contributed by atoms with Crippen LogP contribution < -0.4 is 5.32 Å². The maximum atomic E-state index is 11.6. The molecule has 0 bridgehead atoms. The summed E-state index contributed by atoms with van der Waals surface area (Å²) in [6.07, 6.45) is 10.0. The summed E-state index contributed by atoms with van der Waals surface area (Å²) < 4.78 is 0. The number of carbonyl (C=O) groups is 1. The van der Waals surface area contributed by atoms with Crippen LogP contribution in [-0.4, -0.2) is 17.8 Å². The van der Waals surface area contributed by atoms with Crippen LogP contribution in [0.5, 0.6) is 0 Å². The predicted octanol–water partition coefficient (Wildman–Crippen LogP) is 4.26. The molecule has 0 heterocycles. The van der Waals surface area contributed by atoms with Crippen molar-refractivity contribution in [2.24, 2.45) is 0 Å². The predicted molar refractivity (Wildman–Crippen MR) is 75.6 cm³/mol. The van der Waals surface area contributed by atoms with E-state index in [1.54, 1.807) is 0 Å². The summed E-state index contributed by atoms with van der Waals surface area (Å²) in [5, 5.41) is 3.02. The van der Waals surface area contributed by atoms with Gasteiger partial charge >= 0.3 is 0 Å². The third-order valence-corrected chi connectivity index (χ3v) is 3.20. The third-order valence-electron chi connectivity index (χ3n) is 2.94. The van der Waals surface area contributed by atoms with Crippen LogP contribution in [0.3, 0.4) is 0 Å². The lowest BCUT2D eigenvalue weighted by Crippen LogP contribution is -2.32. The Morgan fingerprint density at radius 3 is 2.41 bits per heavy atom. The Bertz CT molecular complexity index is 185. The lowest BCUT2D eigenvalue weighted by molar-refractivity contribution is -0.121. The molecule has 0 aliphatic heterocycles. The van der Waals surface area contributed by atoms with Crippen LogP contribution in [0, 0.1) is 0 Å². The Morgan fingerprint density at radius 1 is 1.12 bits per heavy atom. The molecule has 0 saturated carbocycles. The summed E-state index contributed by atoms with van der Waals surface area (Å²) in [5.41, 5.74) is 0. The van der Waals surface area contributed by atoms with Crippen LogP contribution in [0.15, 0.2) is 0 Å². The second-order valence-electron chi connectivity index (χ2n) is 4.82. The summed E-state index contributed by atoms with van der Waals surface area (Å²) in [7, 11) is 0. The molecule has 0 rings (SSSR count).